The van der Waals surface area contributed by atoms with Gasteiger partial charge in [-0.2, -0.15) is 0 Å². The lowest BCUT2D eigenvalue weighted by atomic mass is 10.2. The van der Waals surface area contributed by atoms with Crippen LogP contribution >= 0.6 is 23.2 Å². The Morgan fingerprint density at radius 2 is 1.35 bits per heavy atom. The van der Waals surface area contributed by atoms with Crippen molar-refractivity contribution in [3.8, 4) is 0 Å². The van der Waals surface area contributed by atoms with Crippen LogP contribution in [-0.4, -0.2) is 15.0 Å². The molecule has 0 aliphatic heterocycles. The van der Waals surface area contributed by atoms with E-state index in [0.717, 1.165) is 5.69 Å². The fourth-order valence-corrected chi connectivity index (χ4v) is 2.17. The number of hydrogen-bond acceptors (Lipinski definition) is 5. The topological polar surface area (TPSA) is 62.7 Å². The zero-order valence-electron chi connectivity index (χ0n) is 11.9. The van der Waals surface area contributed by atoms with Gasteiger partial charge in [-0.15, -0.1) is 0 Å². The predicted molar refractivity (Wildman–Crippen MR) is 92.7 cm³/mol. The number of nitrogens with one attached hydrogen (secondary N) is 2. The Bertz CT molecular complexity index is 700. The Labute approximate surface area is 143 Å². The van der Waals surface area contributed by atoms with Crippen molar-refractivity contribution in [1.29, 1.82) is 0 Å². The Hall–Kier alpha value is -2.37. The molecule has 0 saturated heterocycles. The highest BCUT2D eigenvalue weighted by Gasteiger charge is 2.13. The fraction of sp³-hybridized carbons (Fsp3) is 0.0625. The second kappa shape index (κ2) is 7.26. The molecular weight excluding hydrogens is 333 g/mol. The first-order valence-electron chi connectivity index (χ1n) is 6.88. The number of pyridine rings is 3. The summed E-state index contributed by atoms with van der Waals surface area (Å²) in [5.74, 6) is 1.35. The highest BCUT2D eigenvalue weighted by molar-refractivity contribution is 6.30. The lowest BCUT2D eigenvalue weighted by Gasteiger charge is -2.20. The molecule has 3 aromatic rings. The second-order valence-electron chi connectivity index (χ2n) is 4.70. The zero-order chi connectivity index (χ0) is 16.1. The van der Waals surface area contributed by atoms with Gasteiger partial charge in [-0.25, -0.2) is 9.97 Å². The molecule has 0 fully saturated rings. The molecular formula is C16H13Cl2N5. The van der Waals surface area contributed by atoms with Crippen LogP contribution in [0.4, 0.5) is 11.6 Å². The maximum absolute atomic E-state index is 5.87. The number of rotatable bonds is 5. The summed E-state index contributed by atoms with van der Waals surface area (Å²) in [6.45, 7) is 0. The molecule has 3 aromatic heterocycles. The van der Waals surface area contributed by atoms with Gasteiger partial charge in [-0.1, -0.05) is 29.3 Å². The van der Waals surface area contributed by atoms with Gasteiger partial charge in [0.1, 0.15) is 17.8 Å². The van der Waals surface area contributed by atoms with E-state index in [-0.39, 0.29) is 6.17 Å². The molecule has 0 saturated carbocycles. The van der Waals surface area contributed by atoms with E-state index in [1.807, 2.05) is 18.2 Å². The SMILES string of the molecule is Clc1ccc(NC(Nc2ccc(Cl)cn2)c2ccccn2)nc1. The maximum Gasteiger partial charge on any atom is 0.143 e. The standard InChI is InChI=1S/C16H13Cl2N5/c17-11-4-6-14(20-9-11)22-16(13-3-1-2-8-19-13)23-15-7-5-12(18)10-21-15/h1-10,16H,(H,20,22)(H,21,23). The largest absolute Gasteiger partial charge is 0.345 e. The molecule has 0 aliphatic carbocycles. The molecule has 0 atom stereocenters. The van der Waals surface area contributed by atoms with Crippen molar-refractivity contribution in [1.82, 2.24) is 15.0 Å². The van der Waals surface area contributed by atoms with Crippen LogP contribution in [0, 0.1) is 0 Å². The third kappa shape index (κ3) is 4.31. The van der Waals surface area contributed by atoms with Crippen molar-refractivity contribution in [3.63, 3.8) is 0 Å². The van der Waals surface area contributed by atoms with E-state index in [9.17, 15) is 0 Å². The molecule has 5 nitrogen and oxygen atoms in total. The molecule has 3 rings (SSSR count). The van der Waals surface area contributed by atoms with Crippen LogP contribution in [0.25, 0.3) is 0 Å². The zero-order valence-corrected chi connectivity index (χ0v) is 13.5. The van der Waals surface area contributed by atoms with Gasteiger partial charge in [-0.3, -0.25) is 4.98 Å². The summed E-state index contributed by atoms with van der Waals surface area (Å²) >= 11 is 11.7. The van der Waals surface area contributed by atoms with E-state index < -0.39 is 0 Å². The van der Waals surface area contributed by atoms with E-state index in [0.29, 0.717) is 21.7 Å². The predicted octanol–water partition coefficient (Wildman–Crippen LogP) is 4.40. The maximum atomic E-state index is 5.87. The van der Waals surface area contributed by atoms with Crippen molar-refractivity contribution < 1.29 is 0 Å². The number of halogens is 2. The molecule has 0 unspecified atom stereocenters. The lowest BCUT2D eigenvalue weighted by molar-refractivity contribution is 0.840. The van der Waals surface area contributed by atoms with Gasteiger partial charge >= 0.3 is 0 Å². The third-order valence-electron chi connectivity index (χ3n) is 3.02. The Morgan fingerprint density at radius 1 is 0.739 bits per heavy atom. The Kier molecular flexibility index (Phi) is 4.90. The monoisotopic (exact) mass is 345 g/mol. The quantitative estimate of drug-likeness (QED) is 0.671. The van der Waals surface area contributed by atoms with Gasteiger partial charge in [0.25, 0.3) is 0 Å². The first kappa shape index (κ1) is 15.5. The fourth-order valence-electron chi connectivity index (χ4n) is 1.95. The molecule has 0 aromatic carbocycles. The van der Waals surface area contributed by atoms with Crippen molar-refractivity contribution in [2.45, 2.75) is 6.17 Å². The summed E-state index contributed by atoms with van der Waals surface area (Å²) in [7, 11) is 0. The number of nitrogens with zero attached hydrogens (tertiary/aromatic N) is 3. The van der Waals surface area contributed by atoms with Gasteiger partial charge in [0.15, 0.2) is 0 Å². The average Bonchev–Trinajstić information content (AvgIpc) is 2.59. The molecule has 0 radical (unpaired) electrons. The Morgan fingerprint density at radius 3 is 1.78 bits per heavy atom. The van der Waals surface area contributed by atoms with Gasteiger partial charge in [0.2, 0.25) is 0 Å². The summed E-state index contributed by atoms with van der Waals surface area (Å²) in [5.41, 5.74) is 0.806. The van der Waals surface area contributed by atoms with Crippen LogP contribution in [-0.2, 0) is 0 Å². The van der Waals surface area contributed by atoms with E-state index in [2.05, 4.69) is 25.6 Å². The van der Waals surface area contributed by atoms with Gasteiger partial charge in [0.05, 0.1) is 15.7 Å². The summed E-state index contributed by atoms with van der Waals surface area (Å²) in [6, 6.07) is 12.8. The normalized spacial score (nSPS) is 10.6. The van der Waals surface area contributed by atoms with E-state index >= 15 is 0 Å². The minimum absolute atomic E-state index is 0.307. The Balaban J connectivity index is 1.84. The molecule has 3 heterocycles. The number of hydrogen-bond donors (Lipinski definition) is 2. The minimum Gasteiger partial charge on any atom is -0.345 e. The smallest absolute Gasteiger partial charge is 0.143 e. The van der Waals surface area contributed by atoms with Crippen molar-refractivity contribution in [2.75, 3.05) is 10.6 Å². The molecule has 116 valence electrons. The van der Waals surface area contributed by atoms with E-state index in [1.165, 1.54) is 0 Å². The number of aromatic nitrogens is 3. The van der Waals surface area contributed by atoms with E-state index in [4.69, 9.17) is 23.2 Å². The van der Waals surface area contributed by atoms with Crippen LogP contribution in [0.1, 0.15) is 11.9 Å². The average molecular weight is 346 g/mol. The molecule has 0 bridgehead atoms. The lowest BCUT2D eigenvalue weighted by Crippen LogP contribution is -2.22. The second-order valence-corrected chi connectivity index (χ2v) is 5.57. The summed E-state index contributed by atoms with van der Waals surface area (Å²) in [5, 5.41) is 7.70. The van der Waals surface area contributed by atoms with Gasteiger partial charge in [-0.05, 0) is 36.4 Å². The molecule has 0 amide bonds. The molecule has 2 N–H and O–H groups in total. The summed E-state index contributed by atoms with van der Waals surface area (Å²) in [4.78, 5) is 12.9. The first-order valence-corrected chi connectivity index (χ1v) is 7.63. The van der Waals surface area contributed by atoms with Gasteiger partial charge < -0.3 is 10.6 Å². The van der Waals surface area contributed by atoms with Crippen LogP contribution in [0.15, 0.2) is 61.1 Å². The summed E-state index contributed by atoms with van der Waals surface area (Å²) in [6.07, 6.45) is 4.59. The molecule has 7 heteroatoms. The van der Waals surface area contributed by atoms with Crippen LogP contribution in [0.3, 0.4) is 0 Å². The first-order chi connectivity index (χ1) is 11.2. The molecule has 0 aliphatic rings. The molecule has 0 spiro atoms. The molecule has 23 heavy (non-hydrogen) atoms. The highest BCUT2D eigenvalue weighted by atomic mass is 35.5. The van der Waals surface area contributed by atoms with Crippen LogP contribution in [0.5, 0.6) is 0 Å². The third-order valence-corrected chi connectivity index (χ3v) is 3.47. The van der Waals surface area contributed by atoms with Crippen molar-refractivity contribution in [3.05, 3.63) is 76.8 Å². The number of anilines is 2. The van der Waals surface area contributed by atoms with Crippen LogP contribution < -0.4 is 10.6 Å². The van der Waals surface area contributed by atoms with Gasteiger partial charge in [0, 0.05) is 18.6 Å². The highest BCUT2D eigenvalue weighted by Crippen LogP contribution is 2.20. The van der Waals surface area contributed by atoms with Crippen molar-refractivity contribution >= 4 is 34.8 Å². The van der Waals surface area contributed by atoms with Crippen molar-refractivity contribution in [2.24, 2.45) is 0 Å². The van der Waals surface area contributed by atoms with E-state index in [1.54, 1.807) is 42.9 Å². The van der Waals surface area contributed by atoms with Crippen LogP contribution in [0.2, 0.25) is 10.0 Å². The minimum atomic E-state index is -0.307. The summed E-state index contributed by atoms with van der Waals surface area (Å²) < 4.78 is 0.